The lowest BCUT2D eigenvalue weighted by Gasteiger charge is -2.13. The molecule has 0 unspecified atom stereocenters. The van der Waals surface area contributed by atoms with Crippen LogP contribution < -0.4 is 5.56 Å². The van der Waals surface area contributed by atoms with Gasteiger partial charge in [0.25, 0.3) is 5.56 Å². The summed E-state index contributed by atoms with van der Waals surface area (Å²) in [4.78, 5) is 30.8. The van der Waals surface area contributed by atoms with E-state index in [2.05, 4.69) is 20.2 Å². The molecule has 9 nitrogen and oxygen atoms in total. The van der Waals surface area contributed by atoms with Crippen molar-refractivity contribution in [2.45, 2.75) is 19.9 Å². The number of rotatable bonds is 4. The van der Waals surface area contributed by atoms with E-state index in [1.807, 2.05) is 0 Å². The van der Waals surface area contributed by atoms with Gasteiger partial charge in [-0.2, -0.15) is 10.2 Å². The third-order valence-corrected chi connectivity index (χ3v) is 4.46. The number of hydrogen-bond acceptors (Lipinski definition) is 5. The Hall–Kier alpha value is -3.82. The lowest BCUT2D eigenvalue weighted by atomic mass is 10.1. The molecule has 1 aromatic carbocycles. The monoisotopic (exact) mass is 382 g/mol. The van der Waals surface area contributed by atoms with Crippen molar-refractivity contribution in [3.05, 3.63) is 69.7 Å². The lowest BCUT2D eigenvalue weighted by Crippen LogP contribution is -2.19. The van der Waals surface area contributed by atoms with Crippen molar-refractivity contribution in [3.63, 3.8) is 0 Å². The van der Waals surface area contributed by atoms with Crippen LogP contribution in [-0.2, 0) is 0 Å². The number of carbonyl (C=O) groups is 1. The Labute approximate surface area is 157 Å². The minimum Gasteiger partial charge on any atom is -0.478 e. The van der Waals surface area contributed by atoms with Gasteiger partial charge in [-0.3, -0.25) is 14.5 Å². The van der Waals surface area contributed by atoms with E-state index in [0.29, 0.717) is 16.8 Å². The molecule has 0 radical (unpaired) electrons. The summed E-state index contributed by atoms with van der Waals surface area (Å²) in [6, 6.07) is 5.69. The molecule has 0 aliphatic heterocycles. The van der Waals surface area contributed by atoms with Gasteiger partial charge in [0.2, 0.25) is 5.95 Å². The molecule has 3 aromatic heterocycles. The highest BCUT2D eigenvalue weighted by atomic mass is 19.1. The number of hydrogen-bond donors (Lipinski definition) is 2. The van der Waals surface area contributed by atoms with Gasteiger partial charge >= 0.3 is 5.97 Å². The van der Waals surface area contributed by atoms with Crippen molar-refractivity contribution in [3.8, 4) is 5.95 Å². The zero-order valence-corrected chi connectivity index (χ0v) is 14.9. The number of fused-ring (bicyclic) bond motifs is 1. The average molecular weight is 382 g/mol. The number of aromatic amines is 1. The van der Waals surface area contributed by atoms with Crippen molar-refractivity contribution in [2.24, 2.45) is 0 Å². The second-order valence-corrected chi connectivity index (χ2v) is 6.33. The fraction of sp³-hybridized carbons (Fsp3) is 0.167. The van der Waals surface area contributed by atoms with Gasteiger partial charge in [0.1, 0.15) is 11.3 Å². The first-order valence-electron chi connectivity index (χ1n) is 8.38. The summed E-state index contributed by atoms with van der Waals surface area (Å²) in [5, 5.41) is 17.4. The first-order valence-corrected chi connectivity index (χ1v) is 8.38. The van der Waals surface area contributed by atoms with Crippen molar-refractivity contribution >= 4 is 17.0 Å². The van der Waals surface area contributed by atoms with Crippen molar-refractivity contribution in [2.75, 3.05) is 0 Å². The number of nitrogens with zero attached hydrogens (tertiary/aromatic N) is 5. The molecule has 0 saturated carbocycles. The highest BCUT2D eigenvalue weighted by Gasteiger charge is 2.20. The molecule has 28 heavy (non-hydrogen) atoms. The summed E-state index contributed by atoms with van der Waals surface area (Å²) in [6.45, 7) is 3.51. The standard InChI is InChI=1S/C18H15FN6O3/c1-9-14-15(25(23-9)10(2)11-4-3-5-13(19)6-11)16(26)22-18(21-14)24-8-12(7-20-24)17(27)28/h3-8,10H,1-2H3,(H,27,28)(H,21,22,26)/t10-/m0/s1. The number of nitrogens with one attached hydrogen (secondary N) is 1. The predicted molar refractivity (Wildman–Crippen MR) is 97.2 cm³/mol. The fourth-order valence-electron chi connectivity index (χ4n) is 3.02. The van der Waals surface area contributed by atoms with Gasteiger partial charge in [-0.1, -0.05) is 12.1 Å². The number of aromatic carboxylic acids is 1. The summed E-state index contributed by atoms with van der Waals surface area (Å²) in [5.41, 5.74) is 1.27. The van der Waals surface area contributed by atoms with Crippen LogP contribution in [0.3, 0.4) is 0 Å². The third-order valence-electron chi connectivity index (χ3n) is 4.46. The van der Waals surface area contributed by atoms with E-state index >= 15 is 0 Å². The van der Waals surface area contributed by atoms with E-state index in [9.17, 15) is 14.0 Å². The van der Waals surface area contributed by atoms with Crippen molar-refractivity contribution < 1.29 is 14.3 Å². The Morgan fingerprint density at radius 1 is 1.36 bits per heavy atom. The molecule has 0 amide bonds. The Kier molecular flexibility index (Phi) is 4.03. The molecular formula is C18H15FN6O3. The molecule has 4 aromatic rings. The Morgan fingerprint density at radius 2 is 2.14 bits per heavy atom. The Balaban J connectivity index is 1.85. The van der Waals surface area contributed by atoms with Crippen LogP contribution in [0.15, 0.2) is 41.5 Å². The molecule has 0 bridgehead atoms. The van der Waals surface area contributed by atoms with Crippen LogP contribution in [0, 0.1) is 12.7 Å². The van der Waals surface area contributed by atoms with Gasteiger partial charge in [0.15, 0.2) is 5.52 Å². The summed E-state index contributed by atoms with van der Waals surface area (Å²) in [5.74, 6) is -1.44. The molecule has 1 atom stereocenters. The molecule has 0 aliphatic carbocycles. The van der Waals surface area contributed by atoms with E-state index in [4.69, 9.17) is 5.11 Å². The van der Waals surface area contributed by atoms with Crippen LogP contribution in [0.4, 0.5) is 4.39 Å². The number of aryl methyl sites for hydroxylation is 1. The average Bonchev–Trinajstić information content (AvgIpc) is 3.27. The molecule has 3 heterocycles. The Morgan fingerprint density at radius 3 is 2.82 bits per heavy atom. The van der Waals surface area contributed by atoms with Gasteiger partial charge in [0.05, 0.1) is 23.5 Å². The topological polar surface area (TPSA) is 119 Å². The third kappa shape index (κ3) is 2.84. The molecular weight excluding hydrogens is 367 g/mol. The molecule has 0 spiro atoms. The first kappa shape index (κ1) is 17.6. The number of carboxylic acid groups (broad SMARTS) is 1. The molecule has 0 fully saturated rings. The highest BCUT2D eigenvalue weighted by molar-refractivity contribution is 5.87. The van der Waals surface area contributed by atoms with E-state index < -0.39 is 17.6 Å². The largest absolute Gasteiger partial charge is 0.478 e. The minimum absolute atomic E-state index is 0.0325. The van der Waals surface area contributed by atoms with Gasteiger partial charge in [-0.25, -0.2) is 18.9 Å². The normalized spacial score (nSPS) is 12.4. The summed E-state index contributed by atoms with van der Waals surface area (Å²) >= 11 is 0. The van der Waals surface area contributed by atoms with E-state index in [1.54, 1.807) is 26.0 Å². The summed E-state index contributed by atoms with van der Waals surface area (Å²) < 4.78 is 16.3. The van der Waals surface area contributed by atoms with Gasteiger partial charge in [-0.15, -0.1) is 0 Å². The van der Waals surface area contributed by atoms with E-state index in [0.717, 1.165) is 6.20 Å². The van der Waals surface area contributed by atoms with Crippen LogP contribution in [0.25, 0.3) is 17.0 Å². The lowest BCUT2D eigenvalue weighted by molar-refractivity contribution is 0.0697. The van der Waals surface area contributed by atoms with Crippen molar-refractivity contribution in [1.82, 2.24) is 29.5 Å². The summed E-state index contributed by atoms with van der Waals surface area (Å²) in [7, 11) is 0. The Bertz CT molecular complexity index is 1270. The molecule has 0 aliphatic rings. The maximum absolute atomic E-state index is 13.6. The van der Waals surface area contributed by atoms with Crippen LogP contribution in [0.5, 0.6) is 0 Å². The van der Waals surface area contributed by atoms with E-state index in [1.165, 1.54) is 27.7 Å². The van der Waals surface area contributed by atoms with Gasteiger partial charge in [-0.05, 0) is 31.5 Å². The number of halogens is 1. The summed E-state index contributed by atoms with van der Waals surface area (Å²) in [6.07, 6.45) is 2.41. The maximum Gasteiger partial charge on any atom is 0.338 e. The van der Waals surface area contributed by atoms with Gasteiger partial charge < -0.3 is 5.11 Å². The quantitative estimate of drug-likeness (QED) is 0.558. The van der Waals surface area contributed by atoms with Gasteiger partial charge in [0, 0.05) is 6.20 Å². The molecule has 10 heteroatoms. The fourth-order valence-corrected chi connectivity index (χ4v) is 3.02. The second kappa shape index (κ2) is 6.41. The number of benzene rings is 1. The molecule has 4 rings (SSSR count). The van der Waals surface area contributed by atoms with Crippen LogP contribution >= 0.6 is 0 Å². The SMILES string of the molecule is Cc1nn([C@@H](C)c2cccc(F)c2)c2c(=O)[nH]c(-n3cc(C(=O)O)cn3)nc12. The number of aromatic nitrogens is 6. The molecule has 2 N–H and O–H groups in total. The van der Waals surface area contributed by atoms with Crippen molar-refractivity contribution in [1.29, 1.82) is 0 Å². The predicted octanol–water partition coefficient (Wildman–Crippen LogP) is 2.06. The second-order valence-electron chi connectivity index (χ2n) is 6.33. The number of H-pyrrole nitrogens is 1. The maximum atomic E-state index is 13.6. The van der Waals surface area contributed by atoms with Crippen LogP contribution in [-0.4, -0.2) is 40.6 Å². The van der Waals surface area contributed by atoms with Crippen LogP contribution in [0.1, 0.15) is 34.6 Å². The minimum atomic E-state index is -1.14. The van der Waals surface area contributed by atoms with E-state index in [-0.39, 0.29) is 22.8 Å². The number of carboxylic acids is 1. The molecule has 0 saturated heterocycles. The zero-order chi connectivity index (χ0) is 20.0. The highest BCUT2D eigenvalue weighted by Crippen LogP contribution is 2.23. The molecule has 142 valence electrons. The first-order chi connectivity index (χ1) is 13.3. The van der Waals surface area contributed by atoms with Crippen LogP contribution in [0.2, 0.25) is 0 Å². The zero-order valence-electron chi connectivity index (χ0n) is 14.9. The smallest absolute Gasteiger partial charge is 0.338 e.